The number of likely N-dealkylation sites (tertiary alicyclic amines) is 1. The number of carbonyl (C=O) groups is 1. The number of piperidine rings is 1. The minimum atomic E-state index is -0.354. The highest BCUT2D eigenvalue weighted by molar-refractivity contribution is 7.18. The third-order valence-corrected chi connectivity index (χ3v) is 5.48. The second-order valence-corrected chi connectivity index (χ2v) is 8.67. The molecule has 1 amide bonds. The molecule has 3 rings (SSSR count). The van der Waals surface area contributed by atoms with Gasteiger partial charge in [-0.2, -0.15) is 0 Å². The molecule has 1 saturated heterocycles. The molecule has 25 heavy (non-hydrogen) atoms. The van der Waals surface area contributed by atoms with Crippen molar-refractivity contribution in [2.45, 2.75) is 46.5 Å². The molecule has 134 valence electrons. The summed E-state index contributed by atoms with van der Waals surface area (Å²) in [5, 5.41) is 0.541. The van der Waals surface area contributed by atoms with E-state index in [1.54, 1.807) is 6.20 Å². The van der Waals surface area contributed by atoms with Gasteiger partial charge in [-0.25, -0.2) is 9.97 Å². The molecular formula is C18H25N5OS. The van der Waals surface area contributed by atoms with Crippen molar-refractivity contribution in [2.75, 3.05) is 18.8 Å². The van der Waals surface area contributed by atoms with Gasteiger partial charge in [0.15, 0.2) is 5.13 Å². The van der Waals surface area contributed by atoms with Crippen LogP contribution in [-0.4, -0.2) is 38.8 Å². The summed E-state index contributed by atoms with van der Waals surface area (Å²) in [4.78, 5) is 29.0. The van der Waals surface area contributed by atoms with Gasteiger partial charge in [0, 0.05) is 30.6 Å². The molecule has 2 aromatic rings. The average molecular weight is 359 g/mol. The predicted octanol–water partition coefficient (Wildman–Crippen LogP) is 3.24. The lowest BCUT2D eigenvalue weighted by Crippen LogP contribution is -2.44. The Morgan fingerprint density at radius 3 is 2.72 bits per heavy atom. The molecule has 0 aliphatic carbocycles. The van der Waals surface area contributed by atoms with E-state index in [1.165, 1.54) is 11.3 Å². The molecule has 0 bridgehead atoms. The number of nitrogen functional groups attached to an aromatic ring is 1. The maximum Gasteiger partial charge on any atom is 0.227 e. The van der Waals surface area contributed by atoms with Gasteiger partial charge in [-0.1, -0.05) is 32.1 Å². The Morgan fingerprint density at radius 1 is 1.32 bits per heavy atom. The van der Waals surface area contributed by atoms with Crippen molar-refractivity contribution < 1.29 is 4.79 Å². The predicted molar refractivity (Wildman–Crippen MR) is 100 cm³/mol. The normalized spacial score (nSPS) is 18.4. The maximum absolute atomic E-state index is 12.6. The Balaban J connectivity index is 1.83. The molecule has 0 aromatic carbocycles. The number of amides is 1. The standard InChI is InChI=1S/C18H25N5OS/c1-11-15(25-17(19)21-11)14-9-20-8-13(22-14)12-6-5-7-23(10-12)16(24)18(2,3)4/h8-9,12H,5-7,10H2,1-4H3,(H2,19,21)/t12-/m0/s1. The van der Waals surface area contributed by atoms with Crippen LogP contribution in [0.2, 0.25) is 0 Å². The molecule has 0 spiro atoms. The van der Waals surface area contributed by atoms with Gasteiger partial charge in [0.05, 0.1) is 22.5 Å². The van der Waals surface area contributed by atoms with Crippen LogP contribution in [-0.2, 0) is 4.79 Å². The zero-order valence-electron chi connectivity index (χ0n) is 15.2. The van der Waals surface area contributed by atoms with E-state index < -0.39 is 0 Å². The number of thiazole rings is 1. The van der Waals surface area contributed by atoms with Crippen molar-refractivity contribution >= 4 is 22.4 Å². The van der Waals surface area contributed by atoms with E-state index in [4.69, 9.17) is 10.7 Å². The van der Waals surface area contributed by atoms with E-state index >= 15 is 0 Å². The number of aryl methyl sites for hydroxylation is 1. The van der Waals surface area contributed by atoms with Crippen LogP contribution in [0.1, 0.15) is 50.9 Å². The van der Waals surface area contributed by atoms with E-state index in [2.05, 4.69) is 9.97 Å². The molecular weight excluding hydrogens is 334 g/mol. The summed E-state index contributed by atoms with van der Waals surface area (Å²) in [5.74, 6) is 0.422. The van der Waals surface area contributed by atoms with Crippen LogP contribution in [0.4, 0.5) is 5.13 Å². The van der Waals surface area contributed by atoms with Gasteiger partial charge < -0.3 is 10.6 Å². The number of anilines is 1. The van der Waals surface area contributed by atoms with Gasteiger partial charge in [0.25, 0.3) is 0 Å². The molecule has 0 unspecified atom stereocenters. The fourth-order valence-corrected chi connectivity index (χ4v) is 4.01. The quantitative estimate of drug-likeness (QED) is 0.890. The summed E-state index contributed by atoms with van der Waals surface area (Å²) in [6, 6.07) is 0. The minimum absolute atomic E-state index is 0.201. The highest BCUT2D eigenvalue weighted by atomic mass is 32.1. The van der Waals surface area contributed by atoms with Crippen molar-refractivity contribution in [3.8, 4) is 10.6 Å². The number of hydrogen-bond acceptors (Lipinski definition) is 6. The summed E-state index contributed by atoms with van der Waals surface area (Å²) in [6.07, 6.45) is 5.59. The highest BCUT2D eigenvalue weighted by Gasteiger charge is 2.32. The number of nitrogens with two attached hydrogens (primary N) is 1. The molecule has 2 N–H and O–H groups in total. The van der Waals surface area contributed by atoms with Crippen LogP contribution >= 0.6 is 11.3 Å². The maximum atomic E-state index is 12.6. The van der Waals surface area contributed by atoms with Crippen molar-refractivity contribution in [3.05, 3.63) is 23.8 Å². The van der Waals surface area contributed by atoms with Crippen molar-refractivity contribution in [2.24, 2.45) is 5.41 Å². The van der Waals surface area contributed by atoms with Crippen molar-refractivity contribution in [1.82, 2.24) is 19.9 Å². The average Bonchev–Trinajstić information content (AvgIpc) is 2.92. The second kappa shape index (κ2) is 6.71. The van der Waals surface area contributed by atoms with Crippen LogP contribution in [0, 0.1) is 12.3 Å². The summed E-state index contributed by atoms with van der Waals surface area (Å²) in [5.41, 5.74) is 8.08. The van der Waals surface area contributed by atoms with Gasteiger partial charge in [-0.3, -0.25) is 9.78 Å². The number of nitrogens with zero attached hydrogens (tertiary/aromatic N) is 4. The minimum Gasteiger partial charge on any atom is -0.375 e. The molecule has 0 saturated carbocycles. The summed E-state index contributed by atoms with van der Waals surface area (Å²) in [7, 11) is 0. The first-order valence-corrected chi connectivity index (χ1v) is 9.42. The fraction of sp³-hybridized carbons (Fsp3) is 0.556. The fourth-order valence-electron chi connectivity index (χ4n) is 3.22. The van der Waals surface area contributed by atoms with Gasteiger partial charge >= 0.3 is 0 Å². The molecule has 1 aliphatic heterocycles. The van der Waals surface area contributed by atoms with Gasteiger partial charge in [-0.15, -0.1) is 0 Å². The number of carbonyl (C=O) groups excluding carboxylic acids is 1. The molecule has 2 aromatic heterocycles. The monoisotopic (exact) mass is 359 g/mol. The van der Waals surface area contributed by atoms with Crippen LogP contribution in [0.3, 0.4) is 0 Å². The summed E-state index contributed by atoms with van der Waals surface area (Å²) in [6.45, 7) is 9.37. The summed E-state index contributed by atoms with van der Waals surface area (Å²) < 4.78 is 0. The Labute approximate surface area is 152 Å². The van der Waals surface area contributed by atoms with Gasteiger partial charge in [0.1, 0.15) is 5.69 Å². The van der Waals surface area contributed by atoms with E-state index in [0.29, 0.717) is 11.7 Å². The SMILES string of the molecule is Cc1nc(N)sc1-c1cncc([C@H]2CCCN(C(=O)C(C)(C)C)C2)n1. The topological polar surface area (TPSA) is 85.0 Å². The van der Waals surface area contributed by atoms with Gasteiger partial charge in [-0.05, 0) is 19.8 Å². The van der Waals surface area contributed by atoms with Crippen LogP contribution in [0.25, 0.3) is 10.6 Å². The Kier molecular flexibility index (Phi) is 4.77. The molecule has 3 heterocycles. The van der Waals surface area contributed by atoms with Crippen molar-refractivity contribution in [3.63, 3.8) is 0 Å². The van der Waals surface area contributed by atoms with Crippen molar-refractivity contribution in [1.29, 1.82) is 0 Å². The van der Waals surface area contributed by atoms with Crippen LogP contribution < -0.4 is 5.73 Å². The second-order valence-electron chi connectivity index (χ2n) is 7.64. The zero-order valence-corrected chi connectivity index (χ0v) is 16.1. The number of rotatable bonds is 2. The lowest BCUT2D eigenvalue weighted by atomic mass is 9.90. The largest absolute Gasteiger partial charge is 0.375 e. The molecule has 0 radical (unpaired) electrons. The lowest BCUT2D eigenvalue weighted by molar-refractivity contribution is -0.140. The Hall–Kier alpha value is -2.02. The molecule has 1 aliphatic rings. The van der Waals surface area contributed by atoms with E-state index in [-0.39, 0.29) is 17.2 Å². The zero-order chi connectivity index (χ0) is 18.2. The van der Waals surface area contributed by atoms with E-state index in [1.807, 2.05) is 38.8 Å². The van der Waals surface area contributed by atoms with Crippen LogP contribution in [0.15, 0.2) is 12.4 Å². The third-order valence-electron chi connectivity index (χ3n) is 4.47. The van der Waals surface area contributed by atoms with Crippen LogP contribution in [0.5, 0.6) is 0 Å². The van der Waals surface area contributed by atoms with Gasteiger partial charge in [0.2, 0.25) is 5.91 Å². The highest BCUT2D eigenvalue weighted by Crippen LogP contribution is 2.32. The smallest absolute Gasteiger partial charge is 0.227 e. The summed E-state index contributed by atoms with van der Waals surface area (Å²) >= 11 is 1.43. The Morgan fingerprint density at radius 2 is 2.08 bits per heavy atom. The molecule has 6 nitrogen and oxygen atoms in total. The number of hydrogen-bond donors (Lipinski definition) is 1. The van der Waals surface area contributed by atoms with E-state index in [9.17, 15) is 4.79 Å². The lowest BCUT2D eigenvalue weighted by Gasteiger charge is -2.36. The third kappa shape index (κ3) is 3.81. The first-order chi connectivity index (χ1) is 11.8. The first kappa shape index (κ1) is 17.8. The first-order valence-electron chi connectivity index (χ1n) is 8.60. The van der Waals surface area contributed by atoms with E-state index in [0.717, 1.165) is 41.3 Å². The molecule has 7 heteroatoms. The molecule has 1 atom stereocenters. The Bertz CT molecular complexity index is 780. The number of aromatic nitrogens is 3. The molecule has 1 fully saturated rings.